The first-order valence-corrected chi connectivity index (χ1v) is 5.71. The summed E-state index contributed by atoms with van der Waals surface area (Å²) < 4.78 is 6.77. The van der Waals surface area contributed by atoms with E-state index in [2.05, 4.69) is 22.3 Å². The Morgan fingerprint density at radius 1 is 1.47 bits per heavy atom. The minimum atomic E-state index is -0.536. The summed E-state index contributed by atoms with van der Waals surface area (Å²) in [6, 6.07) is 0. The molecule has 6 nitrogen and oxygen atoms in total. The summed E-state index contributed by atoms with van der Waals surface area (Å²) in [5.41, 5.74) is -0.523. The number of carbonyl (C=O) groups excluding carboxylic acids is 1. The molecule has 17 heavy (non-hydrogen) atoms. The van der Waals surface area contributed by atoms with Gasteiger partial charge >= 0.3 is 6.09 Å². The van der Waals surface area contributed by atoms with Crippen molar-refractivity contribution in [3.8, 4) is 0 Å². The highest BCUT2D eigenvalue weighted by atomic mass is 16.6. The van der Waals surface area contributed by atoms with Crippen molar-refractivity contribution >= 4 is 12.0 Å². The van der Waals surface area contributed by atoms with Crippen LogP contribution in [0.1, 0.15) is 39.9 Å². The van der Waals surface area contributed by atoms with Crippen LogP contribution in [0.2, 0.25) is 0 Å². The number of rotatable bonds is 3. The van der Waals surface area contributed by atoms with Crippen LogP contribution >= 0.6 is 0 Å². The van der Waals surface area contributed by atoms with Gasteiger partial charge in [-0.25, -0.2) is 4.79 Å². The van der Waals surface area contributed by atoms with Crippen molar-refractivity contribution in [2.24, 2.45) is 7.05 Å². The zero-order chi connectivity index (χ0) is 13.1. The molecule has 1 amide bonds. The van der Waals surface area contributed by atoms with Gasteiger partial charge in [0.1, 0.15) is 11.4 Å². The molecular formula is C11H20N4O2. The molecule has 1 aromatic heterocycles. The van der Waals surface area contributed by atoms with E-state index in [4.69, 9.17) is 4.74 Å². The van der Waals surface area contributed by atoms with E-state index >= 15 is 0 Å². The lowest BCUT2D eigenvalue weighted by molar-refractivity contribution is 0.0634. The van der Waals surface area contributed by atoms with E-state index in [0.717, 1.165) is 18.7 Å². The molecule has 6 heteroatoms. The lowest BCUT2D eigenvalue weighted by atomic mass is 10.2. The molecule has 0 aromatic carbocycles. The van der Waals surface area contributed by atoms with E-state index in [-0.39, 0.29) is 5.95 Å². The average molecular weight is 240 g/mol. The number of carbonyl (C=O) groups is 1. The molecule has 96 valence electrons. The van der Waals surface area contributed by atoms with Gasteiger partial charge in [-0.15, -0.1) is 5.10 Å². The molecule has 0 radical (unpaired) electrons. The quantitative estimate of drug-likeness (QED) is 0.878. The Morgan fingerprint density at radius 3 is 2.65 bits per heavy atom. The third-order valence-corrected chi connectivity index (χ3v) is 1.94. The lowest BCUT2D eigenvalue weighted by Crippen LogP contribution is -2.27. The summed E-state index contributed by atoms with van der Waals surface area (Å²) in [6.45, 7) is 7.48. The van der Waals surface area contributed by atoms with Gasteiger partial charge in [-0.1, -0.05) is 6.92 Å². The lowest BCUT2D eigenvalue weighted by Gasteiger charge is -2.18. The first kappa shape index (κ1) is 13.5. The molecule has 0 aliphatic heterocycles. The molecule has 0 bridgehead atoms. The molecule has 0 atom stereocenters. The van der Waals surface area contributed by atoms with E-state index in [9.17, 15) is 4.79 Å². The smallest absolute Gasteiger partial charge is 0.414 e. The van der Waals surface area contributed by atoms with Gasteiger partial charge in [0.2, 0.25) is 0 Å². The number of amides is 1. The Hall–Kier alpha value is -1.59. The number of hydrogen-bond donors (Lipinski definition) is 1. The maximum atomic E-state index is 11.5. The van der Waals surface area contributed by atoms with E-state index in [1.54, 1.807) is 32.5 Å². The Kier molecular flexibility index (Phi) is 4.09. The van der Waals surface area contributed by atoms with E-state index in [1.165, 1.54) is 0 Å². The Bertz CT molecular complexity index is 393. The SMILES string of the molecule is CCCc1nc(NC(=O)OC(C)(C)C)nn1C. The molecule has 0 unspecified atom stereocenters. The molecule has 0 saturated heterocycles. The van der Waals surface area contributed by atoms with E-state index in [1.807, 2.05) is 0 Å². The minimum Gasteiger partial charge on any atom is -0.444 e. The molecule has 1 rings (SSSR count). The van der Waals surface area contributed by atoms with Gasteiger partial charge in [0, 0.05) is 13.5 Å². The van der Waals surface area contributed by atoms with Crippen LogP contribution in [0.4, 0.5) is 10.7 Å². The third kappa shape index (κ3) is 4.42. The van der Waals surface area contributed by atoms with E-state index in [0.29, 0.717) is 0 Å². The number of nitrogens with zero attached hydrogens (tertiary/aromatic N) is 3. The summed E-state index contributed by atoms with van der Waals surface area (Å²) in [7, 11) is 1.80. The monoisotopic (exact) mass is 240 g/mol. The normalized spacial score (nSPS) is 11.4. The third-order valence-electron chi connectivity index (χ3n) is 1.94. The number of aryl methyl sites for hydroxylation is 2. The van der Waals surface area contributed by atoms with Gasteiger partial charge in [-0.3, -0.25) is 10.00 Å². The summed E-state index contributed by atoms with van der Waals surface area (Å²) >= 11 is 0. The van der Waals surface area contributed by atoms with Crippen LogP contribution < -0.4 is 5.32 Å². The zero-order valence-corrected chi connectivity index (χ0v) is 11.1. The number of ether oxygens (including phenoxy) is 1. The largest absolute Gasteiger partial charge is 0.444 e. The Labute approximate surface area is 101 Å². The fourth-order valence-corrected chi connectivity index (χ4v) is 1.31. The van der Waals surface area contributed by atoms with Crippen LogP contribution in [0.5, 0.6) is 0 Å². The molecule has 1 heterocycles. The predicted octanol–water partition coefficient (Wildman–Crippen LogP) is 2.11. The van der Waals surface area contributed by atoms with Crippen LogP contribution in [0, 0.1) is 0 Å². The molecule has 0 aliphatic rings. The fourth-order valence-electron chi connectivity index (χ4n) is 1.31. The fraction of sp³-hybridized carbons (Fsp3) is 0.727. The number of hydrogen-bond acceptors (Lipinski definition) is 4. The number of aromatic nitrogens is 3. The van der Waals surface area contributed by atoms with Crippen LogP contribution in [0.25, 0.3) is 0 Å². The summed E-state index contributed by atoms with van der Waals surface area (Å²) in [4.78, 5) is 15.7. The summed E-state index contributed by atoms with van der Waals surface area (Å²) in [5, 5.41) is 6.61. The van der Waals surface area contributed by atoms with Crippen molar-refractivity contribution in [2.75, 3.05) is 5.32 Å². The van der Waals surface area contributed by atoms with E-state index < -0.39 is 11.7 Å². The van der Waals surface area contributed by atoms with Crippen molar-refractivity contribution < 1.29 is 9.53 Å². The molecule has 0 aliphatic carbocycles. The van der Waals surface area contributed by atoms with Crippen LogP contribution in [-0.2, 0) is 18.2 Å². The molecule has 1 N–H and O–H groups in total. The molecule has 0 saturated carbocycles. The van der Waals surface area contributed by atoms with Crippen LogP contribution in [0.15, 0.2) is 0 Å². The molecule has 1 aromatic rings. The van der Waals surface area contributed by atoms with Gasteiger partial charge in [0.15, 0.2) is 0 Å². The van der Waals surface area contributed by atoms with Crippen molar-refractivity contribution in [3.63, 3.8) is 0 Å². The number of nitrogens with one attached hydrogen (secondary N) is 1. The van der Waals surface area contributed by atoms with Crippen molar-refractivity contribution in [3.05, 3.63) is 5.82 Å². The highest BCUT2D eigenvalue weighted by molar-refractivity contribution is 5.82. The van der Waals surface area contributed by atoms with Crippen molar-refractivity contribution in [1.29, 1.82) is 0 Å². The summed E-state index contributed by atoms with van der Waals surface area (Å²) in [5.74, 6) is 1.13. The maximum absolute atomic E-state index is 11.5. The second kappa shape index (κ2) is 5.16. The highest BCUT2D eigenvalue weighted by Crippen LogP contribution is 2.09. The zero-order valence-electron chi connectivity index (χ0n) is 11.1. The second-order valence-electron chi connectivity index (χ2n) is 4.85. The van der Waals surface area contributed by atoms with Gasteiger partial charge in [-0.05, 0) is 27.2 Å². The van der Waals surface area contributed by atoms with Crippen LogP contribution in [-0.4, -0.2) is 26.5 Å². The topological polar surface area (TPSA) is 69.0 Å². The first-order chi connectivity index (χ1) is 7.81. The van der Waals surface area contributed by atoms with Gasteiger partial charge < -0.3 is 4.74 Å². The Morgan fingerprint density at radius 2 is 2.12 bits per heavy atom. The minimum absolute atomic E-state index is 0.283. The number of anilines is 1. The average Bonchev–Trinajstić information content (AvgIpc) is 2.43. The van der Waals surface area contributed by atoms with Crippen molar-refractivity contribution in [2.45, 2.75) is 46.1 Å². The van der Waals surface area contributed by atoms with Crippen molar-refractivity contribution in [1.82, 2.24) is 14.8 Å². The summed E-state index contributed by atoms with van der Waals surface area (Å²) in [6.07, 6.45) is 1.28. The molecule has 0 fully saturated rings. The highest BCUT2D eigenvalue weighted by Gasteiger charge is 2.18. The van der Waals surface area contributed by atoms with Gasteiger partial charge in [-0.2, -0.15) is 4.98 Å². The second-order valence-corrected chi connectivity index (χ2v) is 4.85. The standard InChI is InChI=1S/C11H20N4O2/c1-6-7-8-12-9(14-15(8)5)13-10(16)17-11(2,3)4/h6-7H2,1-5H3,(H,13,14,16). The molecule has 0 spiro atoms. The first-order valence-electron chi connectivity index (χ1n) is 5.71. The maximum Gasteiger partial charge on any atom is 0.414 e. The molecular weight excluding hydrogens is 220 g/mol. The van der Waals surface area contributed by atoms with Crippen LogP contribution in [0.3, 0.4) is 0 Å². The van der Waals surface area contributed by atoms with Gasteiger partial charge in [0.25, 0.3) is 5.95 Å². The predicted molar refractivity (Wildman–Crippen MR) is 64.9 cm³/mol. The Balaban J connectivity index is 2.63. The van der Waals surface area contributed by atoms with Gasteiger partial charge in [0.05, 0.1) is 0 Å².